The van der Waals surface area contributed by atoms with E-state index >= 15 is 0 Å². The van der Waals surface area contributed by atoms with Gasteiger partial charge in [-0.15, -0.1) is 0 Å². The molecule has 0 heterocycles. The third-order valence-corrected chi connectivity index (χ3v) is 8.59. The van der Waals surface area contributed by atoms with Crippen LogP contribution in [0, 0.1) is 23.0 Å². The molecule has 0 spiro atoms. The molecule has 0 atom stereocenters. The zero-order valence-corrected chi connectivity index (χ0v) is 20.6. The Hall–Kier alpha value is -1.17. The Morgan fingerprint density at radius 1 is 0.853 bits per heavy atom. The smallest absolute Gasteiger partial charge is 0.385 e. The van der Waals surface area contributed by atoms with E-state index in [2.05, 4.69) is 6.92 Å². The maximum absolute atomic E-state index is 14.0. The van der Waals surface area contributed by atoms with Crippen LogP contribution in [0.2, 0.25) is 0 Å². The highest BCUT2D eigenvalue weighted by molar-refractivity contribution is 5.32. The van der Waals surface area contributed by atoms with Gasteiger partial charge in [-0.25, -0.2) is 8.78 Å². The van der Waals surface area contributed by atoms with Gasteiger partial charge >= 0.3 is 6.18 Å². The fourth-order valence-electron chi connectivity index (χ4n) is 6.45. The summed E-state index contributed by atoms with van der Waals surface area (Å²) in [7, 11) is 0. The topological polar surface area (TPSA) is 20.2 Å². The molecule has 0 aliphatic heterocycles. The first kappa shape index (κ1) is 27.4. The van der Waals surface area contributed by atoms with Gasteiger partial charge in [0, 0.05) is 0 Å². The number of unbranched alkanes of at least 4 members (excludes halogenated alkanes) is 3. The lowest BCUT2D eigenvalue weighted by molar-refractivity contribution is -0.142. The van der Waals surface area contributed by atoms with E-state index in [1.807, 2.05) is 0 Å². The molecule has 34 heavy (non-hydrogen) atoms. The van der Waals surface area contributed by atoms with E-state index in [0.717, 1.165) is 25.7 Å². The summed E-state index contributed by atoms with van der Waals surface area (Å²) in [6.07, 6.45) is 13.9. The van der Waals surface area contributed by atoms with Gasteiger partial charge in [-0.1, -0.05) is 64.7 Å². The molecule has 0 bridgehead atoms. The Bertz CT molecular complexity index is 750. The molecule has 6 heteroatoms. The second-order valence-corrected chi connectivity index (χ2v) is 11.1. The van der Waals surface area contributed by atoms with Gasteiger partial charge in [0.15, 0.2) is 0 Å². The van der Waals surface area contributed by atoms with Crippen LogP contribution in [-0.2, 0) is 11.8 Å². The van der Waals surface area contributed by atoms with Crippen LogP contribution >= 0.6 is 0 Å². The van der Waals surface area contributed by atoms with Gasteiger partial charge in [0.2, 0.25) is 0 Å². The lowest BCUT2D eigenvalue weighted by Crippen LogP contribution is -2.32. The summed E-state index contributed by atoms with van der Waals surface area (Å²) in [5.41, 5.74) is -2.90. The van der Waals surface area contributed by atoms with Gasteiger partial charge < -0.3 is 5.11 Å². The van der Waals surface area contributed by atoms with Crippen molar-refractivity contribution >= 4 is 0 Å². The average Bonchev–Trinajstić information content (AvgIpc) is 2.77. The van der Waals surface area contributed by atoms with Crippen molar-refractivity contribution in [1.29, 1.82) is 0 Å². The lowest BCUT2D eigenvalue weighted by atomic mass is 9.67. The number of halogens is 5. The van der Waals surface area contributed by atoms with E-state index < -0.39 is 29.0 Å². The SMILES string of the molecule is CCCCCC1(CCCCC2CCC(O)(c3cc(F)c(C(F)(F)F)c(F)c3)CC2)CCCCC1. The van der Waals surface area contributed by atoms with E-state index in [9.17, 15) is 27.1 Å². The van der Waals surface area contributed by atoms with Crippen molar-refractivity contribution in [3.8, 4) is 0 Å². The van der Waals surface area contributed by atoms with Crippen molar-refractivity contribution < 1.29 is 27.1 Å². The Kier molecular flexibility index (Phi) is 9.44. The molecule has 0 aromatic heterocycles. The molecule has 0 radical (unpaired) electrons. The van der Waals surface area contributed by atoms with E-state index in [-0.39, 0.29) is 5.56 Å². The molecule has 1 aromatic rings. The average molecular weight is 489 g/mol. The molecule has 1 nitrogen and oxygen atoms in total. The standard InChI is InChI=1S/C28H41F5O/c1-2-3-6-13-26(14-7-4-8-15-26)16-9-5-10-21-11-17-27(34,18-12-21)22-19-23(29)25(24(30)20-22)28(31,32)33/h19-21,34H,2-18H2,1H3. The minimum absolute atomic E-state index is 0.0831. The largest absolute Gasteiger partial charge is 0.422 e. The quantitative estimate of drug-likeness (QED) is 0.257. The highest BCUT2D eigenvalue weighted by atomic mass is 19.4. The minimum atomic E-state index is -5.10. The van der Waals surface area contributed by atoms with Crippen molar-refractivity contribution in [2.45, 2.75) is 128 Å². The first-order chi connectivity index (χ1) is 16.1. The van der Waals surface area contributed by atoms with Crippen LogP contribution in [0.4, 0.5) is 22.0 Å². The van der Waals surface area contributed by atoms with E-state index in [4.69, 9.17) is 0 Å². The number of hydrogen-bond donors (Lipinski definition) is 1. The monoisotopic (exact) mass is 488 g/mol. The van der Waals surface area contributed by atoms with Crippen LogP contribution in [0.25, 0.3) is 0 Å². The van der Waals surface area contributed by atoms with Crippen LogP contribution in [0.3, 0.4) is 0 Å². The highest BCUT2D eigenvalue weighted by Gasteiger charge is 2.41. The molecule has 2 aliphatic carbocycles. The Labute approximate surface area is 201 Å². The summed E-state index contributed by atoms with van der Waals surface area (Å²) < 4.78 is 66.6. The number of benzene rings is 1. The fourth-order valence-corrected chi connectivity index (χ4v) is 6.45. The molecule has 0 amide bonds. The molecule has 3 rings (SSSR count). The molecular formula is C28H41F5O. The summed E-state index contributed by atoms with van der Waals surface area (Å²) >= 11 is 0. The normalized spacial score (nSPS) is 25.4. The van der Waals surface area contributed by atoms with Crippen LogP contribution in [0.5, 0.6) is 0 Å². The molecule has 2 saturated carbocycles. The Balaban J connectivity index is 1.48. The maximum atomic E-state index is 14.0. The van der Waals surface area contributed by atoms with Crippen molar-refractivity contribution in [3.05, 3.63) is 34.9 Å². The summed E-state index contributed by atoms with van der Waals surface area (Å²) in [5, 5.41) is 11.0. The molecular weight excluding hydrogens is 447 g/mol. The second kappa shape index (κ2) is 11.7. The molecule has 1 N–H and O–H groups in total. The fraction of sp³-hybridized carbons (Fsp3) is 0.786. The van der Waals surface area contributed by atoms with E-state index in [1.54, 1.807) is 0 Å². The molecule has 0 saturated heterocycles. The van der Waals surface area contributed by atoms with Crippen LogP contribution in [0.15, 0.2) is 12.1 Å². The number of rotatable bonds is 10. The van der Waals surface area contributed by atoms with Crippen molar-refractivity contribution in [3.63, 3.8) is 0 Å². The zero-order chi connectivity index (χ0) is 24.8. The third-order valence-electron chi connectivity index (χ3n) is 8.59. The third kappa shape index (κ3) is 6.95. The molecule has 1 aromatic carbocycles. The lowest BCUT2D eigenvalue weighted by Gasteiger charge is -2.38. The van der Waals surface area contributed by atoms with Gasteiger partial charge in [0.1, 0.15) is 17.2 Å². The Morgan fingerprint density at radius 3 is 1.94 bits per heavy atom. The first-order valence-electron chi connectivity index (χ1n) is 13.4. The van der Waals surface area contributed by atoms with Gasteiger partial charge in [-0.05, 0) is 80.4 Å². The van der Waals surface area contributed by atoms with Crippen molar-refractivity contribution in [1.82, 2.24) is 0 Å². The van der Waals surface area contributed by atoms with Crippen LogP contribution < -0.4 is 0 Å². The minimum Gasteiger partial charge on any atom is -0.385 e. The molecule has 2 aliphatic rings. The molecule has 2 fully saturated rings. The number of alkyl halides is 3. The van der Waals surface area contributed by atoms with Gasteiger partial charge in [-0.3, -0.25) is 0 Å². The summed E-state index contributed by atoms with van der Waals surface area (Å²) in [4.78, 5) is 0. The summed E-state index contributed by atoms with van der Waals surface area (Å²) in [6.45, 7) is 2.25. The van der Waals surface area contributed by atoms with Crippen LogP contribution in [0.1, 0.15) is 127 Å². The van der Waals surface area contributed by atoms with Gasteiger partial charge in [-0.2, -0.15) is 13.2 Å². The van der Waals surface area contributed by atoms with Crippen LogP contribution in [-0.4, -0.2) is 5.11 Å². The van der Waals surface area contributed by atoms with E-state index in [1.165, 1.54) is 70.6 Å². The Morgan fingerprint density at radius 2 is 1.41 bits per heavy atom. The van der Waals surface area contributed by atoms with E-state index in [0.29, 0.717) is 36.3 Å². The first-order valence-corrected chi connectivity index (χ1v) is 13.4. The predicted molar refractivity (Wildman–Crippen MR) is 125 cm³/mol. The number of hydrogen-bond acceptors (Lipinski definition) is 1. The highest BCUT2D eigenvalue weighted by Crippen LogP contribution is 2.46. The molecule has 194 valence electrons. The number of aliphatic hydroxyl groups is 1. The van der Waals surface area contributed by atoms with Crippen molar-refractivity contribution in [2.75, 3.05) is 0 Å². The summed E-state index contributed by atoms with van der Waals surface area (Å²) in [6, 6.07) is 1.32. The summed E-state index contributed by atoms with van der Waals surface area (Å²) in [5.74, 6) is -2.87. The predicted octanol–water partition coefficient (Wildman–Crippen LogP) is 9.45. The molecule has 0 unspecified atom stereocenters. The van der Waals surface area contributed by atoms with Crippen molar-refractivity contribution in [2.24, 2.45) is 11.3 Å². The zero-order valence-electron chi connectivity index (χ0n) is 20.6. The second-order valence-electron chi connectivity index (χ2n) is 11.1. The van der Waals surface area contributed by atoms with Gasteiger partial charge in [0.05, 0.1) is 5.60 Å². The maximum Gasteiger partial charge on any atom is 0.422 e. The van der Waals surface area contributed by atoms with Gasteiger partial charge in [0.25, 0.3) is 0 Å².